The summed E-state index contributed by atoms with van der Waals surface area (Å²) in [5.74, 6) is 1.26. The largest absolute Gasteiger partial charge is 0.494 e. The minimum absolute atomic E-state index is 0.304. The van der Waals surface area contributed by atoms with E-state index in [0.717, 1.165) is 38.2 Å². The molecule has 1 aromatic carbocycles. The molecule has 0 aromatic heterocycles. The third-order valence-electron chi connectivity index (χ3n) is 3.73. The van der Waals surface area contributed by atoms with Crippen molar-refractivity contribution < 1.29 is 9.84 Å². The summed E-state index contributed by atoms with van der Waals surface area (Å²) in [6, 6.07) is 9.30. The van der Waals surface area contributed by atoms with E-state index in [1.807, 2.05) is 12.1 Å². The Bertz CT molecular complexity index is 439. The molecule has 108 valence electrons. The second-order valence-corrected chi connectivity index (χ2v) is 5.33. The molecule has 0 bridgehead atoms. The highest BCUT2D eigenvalue weighted by molar-refractivity contribution is 5.34. The lowest BCUT2D eigenvalue weighted by Crippen LogP contribution is -2.37. The van der Waals surface area contributed by atoms with E-state index >= 15 is 0 Å². The highest BCUT2D eigenvalue weighted by Gasteiger charge is 2.18. The van der Waals surface area contributed by atoms with Crippen molar-refractivity contribution in [2.24, 2.45) is 5.92 Å². The summed E-state index contributed by atoms with van der Waals surface area (Å²) in [6.07, 6.45) is 3.31. The highest BCUT2D eigenvalue weighted by Crippen LogP contribution is 2.16. The first-order valence-corrected chi connectivity index (χ1v) is 7.28. The Balaban J connectivity index is 1.64. The number of hydrogen-bond donors (Lipinski definition) is 1. The zero-order valence-corrected chi connectivity index (χ0v) is 11.8. The number of benzene rings is 1. The molecule has 1 atom stereocenters. The van der Waals surface area contributed by atoms with Gasteiger partial charge in [0.05, 0.1) is 18.2 Å². The SMILES string of the molecule is N#Cc1ccc(OCCCN2CCCC(CO)C2)cc1. The molecule has 1 aromatic rings. The normalized spacial score (nSPS) is 19.5. The van der Waals surface area contributed by atoms with Crippen LogP contribution in [0.2, 0.25) is 0 Å². The molecule has 0 aliphatic carbocycles. The maximum absolute atomic E-state index is 9.20. The number of rotatable bonds is 6. The minimum Gasteiger partial charge on any atom is -0.494 e. The molecule has 0 amide bonds. The summed E-state index contributed by atoms with van der Waals surface area (Å²) in [4.78, 5) is 2.41. The number of piperidine rings is 1. The number of likely N-dealkylation sites (tertiary alicyclic amines) is 1. The van der Waals surface area contributed by atoms with Crippen molar-refractivity contribution in [3.8, 4) is 11.8 Å². The van der Waals surface area contributed by atoms with Gasteiger partial charge in [0, 0.05) is 19.7 Å². The van der Waals surface area contributed by atoms with Gasteiger partial charge in [0.1, 0.15) is 5.75 Å². The predicted molar refractivity (Wildman–Crippen MR) is 77.5 cm³/mol. The number of nitriles is 1. The van der Waals surface area contributed by atoms with Crippen molar-refractivity contribution in [3.05, 3.63) is 29.8 Å². The Hall–Kier alpha value is -1.57. The van der Waals surface area contributed by atoms with Crippen molar-refractivity contribution in [2.75, 3.05) is 32.8 Å². The van der Waals surface area contributed by atoms with Crippen molar-refractivity contribution >= 4 is 0 Å². The van der Waals surface area contributed by atoms with Crippen molar-refractivity contribution in [2.45, 2.75) is 19.3 Å². The van der Waals surface area contributed by atoms with Gasteiger partial charge >= 0.3 is 0 Å². The lowest BCUT2D eigenvalue weighted by Gasteiger charge is -2.31. The van der Waals surface area contributed by atoms with Crippen LogP contribution in [0.15, 0.2) is 24.3 Å². The first-order valence-electron chi connectivity index (χ1n) is 7.28. The molecule has 20 heavy (non-hydrogen) atoms. The molecule has 1 fully saturated rings. The van der Waals surface area contributed by atoms with Gasteiger partial charge in [-0.1, -0.05) is 0 Å². The van der Waals surface area contributed by atoms with Crippen LogP contribution in [-0.4, -0.2) is 42.9 Å². The zero-order valence-electron chi connectivity index (χ0n) is 11.8. The van der Waals surface area contributed by atoms with E-state index in [2.05, 4.69) is 11.0 Å². The van der Waals surface area contributed by atoms with Crippen molar-refractivity contribution in [1.82, 2.24) is 4.90 Å². The van der Waals surface area contributed by atoms with Crippen molar-refractivity contribution in [1.29, 1.82) is 5.26 Å². The minimum atomic E-state index is 0.304. The van der Waals surface area contributed by atoms with Crippen LogP contribution in [0, 0.1) is 17.2 Å². The third kappa shape index (κ3) is 4.52. The van der Waals surface area contributed by atoms with E-state index in [-0.39, 0.29) is 0 Å². The van der Waals surface area contributed by atoms with E-state index in [9.17, 15) is 5.11 Å². The molecular weight excluding hydrogens is 252 g/mol. The molecule has 0 saturated carbocycles. The second-order valence-electron chi connectivity index (χ2n) is 5.33. The lowest BCUT2D eigenvalue weighted by atomic mass is 9.99. The molecule has 4 nitrogen and oxygen atoms in total. The molecule has 1 saturated heterocycles. The molecular formula is C16H22N2O2. The predicted octanol–water partition coefficient (Wildman–Crippen LogP) is 2.03. The summed E-state index contributed by atoms with van der Waals surface area (Å²) >= 11 is 0. The Morgan fingerprint density at radius 2 is 2.15 bits per heavy atom. The summed E-state index contributed by atoms with van der Waals surface area (Å²) in [7, 11) is 0. The Morgan fingerprint density at radius 1 is 1.35 bits per heavy atom. The second kappa shape index (κ2) is 7.88. The van der Waals surface area contributed by atoms with Gasteiger partial charge in [0.15, 0.2) is 0 Å². The molecule has 0 spiro atoms. The highest BCUT2D eigenvalue weighted by atomic mass is 16.5. The van der Waals surface area contributed by atoms with Crippen LogP contribution in [0.4, 0.5) is 0 Å². The number of aliphatic hydroxyl groups excluding tert-OH is 1. The summed E-state index contributed by atoms with van der Waals surface area (Å²) < 4.78 is 5.66. The quantitative estimate of drug-likeness (QED) is 0.806. The van der Waals surface area contributed by atoms with Crippen LogP contribution in [0.1, 0.15) is 24.8 Å². The van der Waals surface area contributed by atoms with E-state index in [1.165, 1.54) is 6.42 Å². The number of hydrogen-bond acceptors (Lipinski definition) is 4. The Morgan fingerprint density at radius 3 is 2.85 bits per heavy atom. The molecule has 1 aliphatic rings. The van der Waals surface area contributed by atoms with Crippen LogP contribution >= 0.6 is 0 Å². The monoisotopic (exact) mass is 274 g/mol. The van der Waals surface area contributed by atoms with Gasteiger partial charge in [-0.25, -0.2) is 0 Å². The van der Waals surface area contributed by atoms with Gasteiger partial charge in [-0.15, -0.1) is 0 Å². The summed E-state index contributed by atoms with van der Waals surface area (Å²) in [6.45, 7) is 4.15. The van der Waals surface area contributed by atoms with Crippen LogP contribution in [-0.2, 0) is 0 Å². The molecule has 4 heteroatoms. The smallest absolute Gasteiger partial charge is 0.119 e. The van der Waals surface area contributed by atoms with Gasteiger partial charge in [0.25, 0.3) is 0 Å². The van der Waals surface area contributed by atoms with E-state index < -0.39 is 0 Å². The Labute approximate surface area is 120 Å². The maximum Gasteiger partial charge on any atom is 0.119 e. The average molecular weight is 274 g/mol. The van der Waals surface area contributed by atoms with Gasteiger partial charge in [-0.3, -0.25) is 0 Å². The van der Waals surface area contributed by atoms with Gasteiger partial charge < -0.3 is 14.7 Å². The summed E-state index contributed by atoms with van der Waals surface area (Å²) in [5, 5.41) is 17.9. The van der Waals surface area contributed by atoms with Gasteiger partial charge in [-0.2, -0.15) is 5.26 Å². The number of nitrogens with zero attached hydrogens (tertiary/aromatic N) is 2. The van der Waals surface area contributed by atoms with Crippen LogP contribution in [0.3, 0.4) is 0 Å². The standard InChI is InChI=1S/C16H22N2O2/c17-11-14-4-6-16(7-5-14)20-10-2-9-18-8-1-3-15(12-18)13-19/h4-7,15,19H,1-3,8-10,12-13H2. The average Bonchev–Trinajstić information content (AvgIpc) is 2.52. The number of ether oxygens (including phenoxy) is 1. The zero-order chi connectivity index (χ0) is 14.2. The van der Waals surface area contributed by atoms with Gasteiger partial charge in [-0.05, 0) is 56.0 Å². The van der Waals surface area contributed by atoms with E-state index in [0.29, 0.717) is 24.7 Å². The summed E-state index contributed by atoms with van der Waals surface area (Å²) in [5.41, 5.74) is 0.653. The number of aliphatic hydroxyl groups is 1. The molecule has 1 unspecified atom stereocenters. The first kappa shape index (κ1) is 14.8. The molecule has 0 radical (unpaired) electrons. The van der Waals surface area contributed by atoms with Crippen LogP contribution < -0.4 is 4.74 Å². The first-order chi connectivity index (χ1) is 9.81. The van der Waals surface area contributed by atoms with Crippen LogP contribution in [0.25, 0.3) is 0 Å². The van der Waals surface area contributed by atoms with Crippen molar-refractivity contribution in [3.63, 3.8) is 0 Å². The van der Waals surface area contributed by atoms with Crippen LogP contribution in [0.5, 0.6) is 5.75 Å². The Kier molecular flexibility index (Phi) is 5.85. The molecule has 1 N–H and O–H groups in total. The van der Waals surface area contributed by atoms with E-state index in [4.69, 9.17) is 10.00 Å². The van der Waals surface area contributed by atoms with E-state index in [1.54, 1.807) is 12.1 Å². The fourth-order valence-corrected chi connectivity index (χ4v) is 2.61. The molecule has 1 heterocycles. The maximum atomic E-state index is 9.20. The fourth-order valence-electron chi connectivity index (χ4n) is 2.61. The van der Waals surface area contributed by atoms with Gasteiger partial charge in [0.2, 0.25) is 0 Å². The molecule has 2 rings (SSSR count). The lowest BCUT2D eigenvalue weighted by molar-refractivity contribution is 0.115. The fraction of sp³-hybridized carbons (Fsp3) is 0.562. The molecule has 1 aliphatic heterocycles. The third-order valence-corrected chi connectivity index (χ3v) is 3.73. The topological polar surface area (TPSA) is 56.5 Å².